The molecule has 1 N–H and O–H groups in total. The summed E-state index contributed by atoms with van der Waals surface area (Å²) >= 11 is 1.48. The number of benzene rings is 1. The second kappa shape index (κ2) is 6.36. The number of alkyl halides is 3. The number of ether oxygens (including phenoxy) is 1. The number of carbonyl (C=O) groups excluding carboxylic acids is 1. The van der Waals surface area contributed by atoms with E-state index in [0.29, 0.717) is 5.69 Å². The number of thiazole rings is 1. The summed E-state index contributed by atoms with van der Waals surface area (Å²) in [7, 11) is 0. The topological polar surface area (TPSA) is 55.6 Å². The van der Waals surface area contributed by atoms with Crippen LogP contribution < -0.4 is 10.1 Å². The summed E-state index contributed by atoms with van der Waals surface area (Å²) in [4.78, 5) is 16.8. The average molecular weight is 353 g/mol. The zero-order valence-corrected chi connectivity index (χ0v) is 12.8. The van der Waals surface area contributed by atoms with Crippen LogP contribution in [0.2, 0.25) is 0 Å². The second-order valence-corrected chi connectivity index (χ2v) is 5.51. The van der Waals surface area contributed by atoms with Crippen molar-refractivity contribution < 1.29 is 22.7 Å². The molecule has 0 saturated carbocycles. The molecule has 3 rings (SSSR count). The van der Waals surface area contributed by atoms with Gasteiger partial charge in [0.15, 0.2) is 4.96 Å². The van der Waals surface area contributed by atoms with Gasteiger partial charge in [-0.1, -0.05) is 0 Å². The first-order valence-electron chi connectivity index (χ1n) is 6.66. The molecule has 1 aromatic carbocycles. The van der Waals surface area contributed by atoms with Gasteiger partial charge in [0, 0.05) is 23.3 Å². The van der Waals surface area contributed by atoms with Gasteiger partial charge in [-0.2, -0.15) is 0 Å². The minimum Gasteiger partial charge on any atom is -0.406 e. The van der Waals surface area contributed by atoms with Gasteiger partial charge in [-0.05, 0) is 30.3 Å². The van der Waals surface area contributed by atoms with Crippen molar-refractivity contribution in [2.75, 3.05) is 5.32 Å². The Balaban J connectivity index is 1.62. The molecule has 0 radical (unpaired) electrons. The molecule has 0 atom stereocenters. The van der Waals surface area contributed by atoms with Crippen LogP contribution in [-0.2, 0) is 4.79 Å². The Bertz CT molecular complexity index is 881. The Morgan fingerprint density at radius 2 is 2.04 bits per heavy atom. The molecule has 24 heavy (non-hydrogen) atoms. The molecule has 1 amide bonds. The van der Waals surface area contributed by atoms with Crippen molar-refractivity contribution in [3.63, 3.8) is 0 Å². The van der Waals surface area contributed by atoms with Crippen molar-refractivity contribution in [1.29, 1.82) is 0 Å². The predicted molar refractivity (Wildman–Crippen MR) is 83.9 cm³/mol. The maximum atomic E-state index is 12.1. The fourth-order valence-corrected chi connectivity index (χ4v) is 2.65. The number of nitrogens with one attached hydrogen (secondary N) is 1. The van der Waals surface area contributed by atoms with E-state index in [1.807, 2.05) is 16.0 Å². The summed E-state index contributed by atoms with van der Waals surface area (Å²) in [6, 6.07) is 4.89. The molecule has 0 aliphatic heterocycles. The van der Waals surface area contributed by atoms with Gasteiger partial charge in [0.1, 0.15) is 5.75 Å². The highest BCUT2D eigenvalue weighted by Gasteiger charge is 2.30. The van der Waals surface area contributed by atoms with Crippen molar-refractivity contribution in [3.05, 3.63) is 53.8 Å². The fourth-order valence-electron chi connectivity index (χ4n) is 1.95. The third-order valence-corrected chi connectivity index (χ3v) is 3.71. The molecule has 0 spiro atoms. The van der Waals surface area contributed by atoms with Crippen LogP contribution in [0.4, 0.5) is 18.9 Å². The summed E-state index contributed by atoms with van der Waals surface area (Å²) in [5, 5.41) is 4.43. The summed E-state index contributed by atoms with van der Waals surface area (Å²) in [6.45, 7) is 0. The Labute approximate surface area is 138 Å². The third-order valence-electron chi connectivity index (χ3n) is 2.94. The van der Waals surface area contributed by atoms with E-state index in [9.17, 15) is 18.0 Å². The van der Waals surface area contributed by atoms with E-state index in [1.165, 1.54) is 29.5 Å². The number of hydrogen-bond acceptors (Lipinski definition) is 4. The van der Waals surface area contributed by atoms with Crippen molar-refractivity contribution in [3.8, 4) is 5.75 Å². The van der Waals surface area contributed by atoms with E-state index < -0.39 is 12.3 Å². The van der Waals surface area contributed by atoms with Gasteiger partial charge in [0.2, 0.25) is 5.91 Å². The van der Waals surface area contributed by atoms with E-state index in [1.54, 1.807) is 12.3 Å². The van der Waals surface area contributed by atoms with Gasteiger partial charge in [-0.3, -0.25) is 9.20 Å². The SMILES string of the molecule is O=C(/C=C/c1cnc2sccn12)Nc1ccc(OC(F)(F)F)cc1. The smallest absolute Gasteiger partial charge is 0.406 e. The van der Waals surface area contributed by atoms with E-state index in [4.69, 9.17) is 0 Å². The molecule has 5 nitrogen and oxygen atoms in total. The van der Waals surface area contributed by atoms with E-state index >= 15 is 0 Å². The van der Waals surface area contributed by atoms with E-state index in [-0.39, 0.29) is 5.75 Å². The number of amides is 1. The Morgan fingerprint density at radius 1 is 1.29 bits per heavy atom. The van der Waals surface area contributed by atoms with Crippen molar-refractivity contribution >= 4 is 34.0 Å². The van der Waals surface area contributed by atoms with E-state index in [0.717, 1.165) is 22.8 Å². The molecule has 2 heterocycles. The van der Waals surface area contributed by atoms with Gasteiger partial charge >= 0.3 is 6.36 Å². The van der Waals surface area contributed by atoms with Crippen LogP contribution in [0.1, 0.15) is 5.69 Å². The number of rotatable bonds is 4. The van der Waals surface area contributed by atoms with Crippen LogP contribution in [0.25, 0.3) is 11.0 Å². The van der Waals surface area contributed by atoms with Crippen LogP contribution in [0.3, 0.4) is 0 Å². The molecule has 3 aromatic rings. The lowest BCUT2D eigenvalue weighted by Gasteiger charge is -2.09. The lowest BCUT2D eigenvalue weighted by molar-refractivity contribution is -0.274. The minimum atomic E-state index is -4.74. The van der Waals surface area contributed by atoms with Crippen LogP contribution >= 0.6 is 11.3 Å². The number of halogens is 3. The molecule has 0 fully saturated rings. The predicted octanol–water partition coefficient (Wildman–Crippen LogP) is 3.95. The van der Waals surface area contributed by atoms with Crippen molar-refractivity contribution in [1.82, 2.24) is 9.38 Å². The van der Waals surface area contributed by atoms with Crippen LogP contribution in [-0.4, -0.2) is 21.7 Å². The summed E-state index contributed by atoms with van der Waals surface area (Å²) in [5.41, 5.74) is 1.10. The molecular formula is C15H10F3N3O2S. The van der Waals surface area contributed by atoms with Gasteiger partial charge < -0.3 is 10.1 Å². The molecule has 0 bridgehead atoms. The summed E-state index contributed by atoms with van der Waals surface area (Å²) in [6.07, 6.45) is 1.65. The number of nitrogens with zero attached hydrogens (tertiary/aromatic N) is 2. The third kappa shape index (κ3) is 3.93. The Hall–Kier alpha value is -2.81. The number of anilines is 1. The summed E-state index contributed by atoms with van der Waals surface area (Å²) < 4.78 is 41.8. The Kier molecular flexibility index (Phi) is 4.26. The number of hydrogen-bond donors (Lipinski definition) is 1. The molecular weight excluding hydrogens is 343 g/mol. The van der Waals surface area contributed by atoms with E-state index in [2.05, 4.69) is 15.0 Å². The fraction of sp³-hybridized carbons (Fsp3) is 0.0667. The van der Waals surface area contributed by atoms with Crippen molar-refractivity contribution in [2.45, 2.75) is 6.36 Å². The molecule has 0 saturated heterocycles. The highest BCUT2D eigenvalue weighted by atomic mass is 32.1. The molecule has 0 unspecified atom stereocenters. The molecule has 0 aliphatic rings. The monoisotopic (exact) mass is 353 g/mol. The lowest BCUT2D eigenvalue weighted by Crippen LogP contribution is -2.17. The minimum absolute atomic E-state index is 0.352. The highest BCUT2D eigenvalue weighted by molar-refractivity contribution is 7.15. The van der Waals surface area contributed by atoms with Gasteiger partial charge in [0.05, 0.1) is 11.9 Å². The number of imidazole rings is 1. The zero-order chi connectivity index (χ0) is 17.2. The first-order chi connectivity index (χ1) is 11.4. The number of carbonyl (C=O) groups is 1. The molecule has 0 aliphatic carbocycles. The van der Waals surface area contributed by atoms with Gasteiger partial charge in [0.25, 0.3) is 0 Å². The molecule has 124 valence electrons. The van der Waals surface area contributed by atoms with Crippen LogP contribution in [0.15, 0.2) is 48.1 Å². The van der Waals surface area contributed by atoms with Gasteiger partial charge in [-0.25, -0.2) is 4.98 Å². The highest BCUT2D eigenvalue weighted by Crippen LogP contribution is 2.24. The van der Waals surface area contributed by atoms with Crippen LogP contribution in [0, 0.1) is 0 Å². The lowest BCUT2D eigenvalue weighted by atomic mass is 10.3. The largest absolute Gasteiger partial charge is 0.573 e. The van der Waals surface area contributed by atoms with Crippen molar-refractivity contribution in [2.24, 2.45) is 0 Å². The normalized spacial score (nSPS) is 12.0. The molecule has 2 aromatic heterocycles. The average Bonchev–Trinajstić information content (AvgIpc) is 3.09. The zero-order valence-electron chi connectivity index (χ0n) is 11.9. The maximum Gasteiger partial charge on any atom is 0.573 e. The quantitative estimate of drug-likeness (QED) is 0.723. The number of fused-ring (bicyclic) bond motifs is 1. The van der Waals surface area contributed by atoms with Crippen LogP contribution in [0.5, 0.6) is 5.75 Å². The standard InChI is InChI=1S/C15H10F3N3O2S/c16-15(17,18)23-12-4-1-10(2-5-12)20-13(22)6-3-11-9-19-14-21(11)7-8-24-14/h1-9H,(H,20,22)/b6-3+. The summed E-state index contributed by atoms with van der Waals surface area (Å²) in [5.74, 6) is -0.764. The number of aromatic nitrogens is 2. The Morgan fingerprint density at radius 3 is 2.75 bits per heavy atom. The molecule has 9 heteroatoms. The van der Waals surface area contributed by atoms with Gasteiger partial charge in [-0.15, -0.1) is 24.5 Å². The second-order valence-electron chi connectivity index (χ2n) is 4.63. The first kappa shape index (κ1) is 16.1. The maximum absolute atomic E-state index is 12.1. The first-order valence-corrected chi connectivity index (χ1v) is 7.54.